The van der Waals surface area contributed by atoms with E-state index in [9.17, 15) is 0 Å². The van der Waals surface area contributed by atoms with Gasteiger partial charge in [-0.1, -0.05) is 29.3 Å². The maximum absolute atomic E-state index is 6.27. The van der Waals surface area contributed by atoms with Crippen LogP contribution in [-0.4, -0.2) is 28.0 Å². The average molecular weight is 313 g/mol. The summed E-state index contributed by atoms with van der Waals surface area (Å²) in [6.07, 6.45) is 3.71. The Morgan fingerprint density at radius 2 is 2.15 bits per heavy atom. The highest BCUT2D eigenvalue weighted by Gasteiger charge is 2.19. The van der Waals surface area contributed by atoms with Crippen LogP contribution in [0.2, 0.25) is 10.0 Å². The lowest BCUT2D eigenvalue weighted by Gasteiger charge is -2.27. The minimum Gasteiger partial charge on any atom is -0.337 e. The van der Waals surface area contributed by atoms with Crippen molar-refractivity contribution in [1.29, 1.82) is 0 Å². The average Bonchev–Trinajstić information content (AvgIpc) is 2.78. The number of hydrogen-bond acceptors (Lipinski definition) is 3. The molecule has 2 rings (SSSR count). The quantitative estimate of drug-likeness (QED) is 0.923. The molecule has 1 aromatic carbocycles. The maximum atomic E-state index is 6.27. The second kappa shape index (κ2) is 6.59. The highest BCUT2D eigenvalue weighted by molar-refractivity contribution is 6.35. The molecule has 0 saturated carbocycles. The van der Waals surface area contributed by atoms with Crippen LogP contribution in [0.25, 0.3) is 0 Å². The Hall–Kier alpha value is -1.07. The van der Waals surface area contributed by atoms with Crippen molar-refractivity contribution in [2.45, 2.75) is 12.6 Å². The van der Waals surface area contributed by atoms with Crippen LogP contribution < -0.4 is 5.73 Å². The van der Waals surface area contributed by atoms with E-state index >= 15 is 0 Å². The molecule has 1 atom stereocenters. The van der Waals surface area contributed by atoms with E-state index in [0.29, 0.717) is 23.1 Å². The first kappa shape index (κ1) is 15.3. The van der Waals surface area contributed by atoms with E-state index in [-0.39, 0.29) is 6.04 Å². The van der Waals surface area contributed by atoms with Crippen molar-refractivity contribution in [3.8, 4) is 0 Å². The zero-order valence-corrected chi connectivity index (χ0v) is 13.1. The van der Waals surface area contributed by atoms with Gasteiger partial charge in [-0.3, -0.25) is 4.90 Å². The summed E-state index contributed by atoms with van der Waals surface area (Å²) in [6, 6.07) is 5.53. The lowest BCUT2D eigenvalue weighted by atomic mass is 10.1. The van der Waals surface area contributed by atoms with E-state index in [1.165, 1.54) is 0 Å². The molecular formula is C14H18Cl2N4. The van der Waals surface area contributed by atoms with E-state index in [0.717, 1.165) is 11.4 Å². The molecule has 108 valence electrons. The standard InChI is InChI=1S/C14H18Cl2N4/c1-19-6-5-18-14(19)9-20(2)13(8-17)11-4-3-10(15)7-12(11)16/h3-7,13H,8-9,17H2,1-2H3. The fourth-order valence-corrected chi connectivity index (χ4v) is 2.73. The van der Waals surface area contributed by atoms with Crippen LogP contribution >= 0.6 is 23.2 Å². The van der Waals surface area contributed by atoms with Crippen molar-refractivity contribution in [3.63, 3.8) is 0 Å². The predicted molar refractivity (Wildman–Crippen MR) is 82.9 cm³/mol. The number of benzene rings is 1. The number of aromatic nitrogens is 2. The number of nitrogens with zero attached hydrogens (tertiary/aromatic N) is 3. The first-order chi connectivity index (χ1) is 9.52. The number of imidazole rings is 1. The summed E-state index contributed by atoms with van der Waals surface area (Å²) in [7, 11) is 3.99. The lowest BCUT2D eigenvalue weighted by Crippen LogP contribution is -2.31. The molecule has 1 unspecified atom stereocenters. The predicted octanol–water partition coefficient (Wildman–Crippen LogP) is 2.86. The Kier molecular flexibility index (Phi) is 5.05. The van der Waals surface area contributed by atoms with E-state index < -0.39 is 0 Å². The molecule has 0 spiro atoms. The van der Waals surface area contributed by atoms with Gasteiger partial charge in [0.1, 0.15) is 5.82 Å². The van der Waals surface area contributed by atoms with E-state index in [1.54, 1.807) is 12.3 Å². The first-order valence-electron chi connectivity index (χ1n) is 6.34. The van der Waals surface area contributed by atoms with Gasteiger partial charge in [-0.15, -0.1) is 0 Å². The third-order valence-corrected chi connectivity index (χ3v) is 3.95. The van der Waals surface area contributed by atoms with Gasteiger partial charge in [0, 0.05) is 42.1 Å². The minimum atomic E-state index is 0.0245. The fourth-order valence-electron chi connectivity index (χ4n) is 2.20. The van der Waals surface area contributed by atoms with Gasteiger partial charge in [0.15, 0.2) is 0 Å². The largest absolute Gasteiger partial charge is 0.337 e. The number of likely N-dealkylation sites (N-methyl/N-ethyl adjacent to an activating group) is 1. The van der Waals surface area contributed by atoms with Gasteiger partial charge >= 0.3 is 0 Å². The number of aryl methyl sites for hydroxylation is 1. The molecular weight excluding hydrogens is 295 g/mol. The third kappa shape index (κ3) is 3.33. The van der Waals surface area contributed by atoms with Gasteiger partial charge in [0.2, 0.25) is 0 Å². The summed E-state index contributed by atoms with van der Waals surface area (Å²) in [6.45, 7) is 1.17. The topological polar surface area (TPSA) is 47.1 Å². The van der Waals surface area contributed by atoms with Gasteiger partial charge in [-0.25, -0.2) is 4.98 Å². The normalized spacial score (nSPS) is 12.9. The maximum Gasteiger partial charge on any atom is 0.122 e. The number of rotatable bonds is 5. The van der Waals surface area contributed by atoms with Gasteiger partial charge in [0.05, 0.1) is 6.54 Å². The summed E-state index contributed by atoms with van der Waals surface area (Å²) in [5.74, 6) is 0.982. The van der Waals surface area contributed by atoms with Crippen LogP contribution in [0.1, 0.15) is 17.4 Å². The smallest absolute Gasteiger partial charge is 0.122 e. The van der Waals surface area contributed by atoms with E-state index in [1.807, 2.05) is 37.0 Å². The second-order valence-corrected chi connectivity index (χ2v) is 5.63. The Morgan fingerprint density at radius 1 is 1.40 bits per heavy atom. The molecule has 0 saturated heterocycles. The van der Waals surface area contributed by atoms with E-state index in [2.05, 4.69) is 9.88 Å². The number of nitrogens with two attached hydrogens (primary N) is 1. The number of halogens is 2. The molecule has 0 bridgehead atoms. The zero-order valence-electron chi connectivity index (χ0n) is 11.6. The van der Waals surface area contributed by atoms with Crippen molar-refractivity contribution in [2.24, 2.45) is 12.8 Å². The lowest BCUT2D eigenvalue weighted by molar-refractivity contribution is 0.234. The Balaban J connectivity index is 2.21. The molecule has 0 aliphatic carbocycles. The molecule has 0 amide bonds. The molecule has 0 aliphatic rings. The fraction of sp³-hybridized carbons (Fsp3) is 0.357. The molecule has 2 N–H and O–H groups in total. The molecule has 20 heavy (non-hydrogen) atoms. The Morgan fingerprint density at radius 3 is 2.70 bits per heavy atom. The minimum absolute atomic E-state index is 0.0245. The third-order valence-electron chi connectivity index (χ3n) is 3.39. The molecule has 0 fully saturated rings. The van der Waals surface area contributed by atoms with Gasteiger partial charge in [0.25, 0.3) is 0 Å². The molecule has 2 aromatic rings. The van der Waals surface area contributed by atoms with Crippen molar-refractivity contribution >= 4 is 23.2 Å². The summed E-state index contributed by atoms with van der Waals surface area (Å²) >= 11 is 12.2. The van der Waals surface area contributed by atoms with Gasteiger partial charge in [-0.2, -0.15) is 0 Å². The summed E-state index contributed by atoms with van der Waals surface area (Å²) < 4.78 is 1.99. The zero-order chi connectivity index (χ0) is 14.7. The first-order valence-corrected chi connectivity index (χ1v) is 7.10. The Labute approximate surface area is 129 Å². The SMILES string of the molecule is CN(Cc1nccn1C)C(CN)c1ccc(Cl)cc1Cl. The summed E-state index contributed by atoms with van der Waals surface area (Å²) in [4.78, 5) is 6.47. The van der Waals surface area contributed by atoms with Gasteiger partial charge in [-0.05, 0) is 24.7 Å². The molecule has 0 aliphatic heterocycles. The van der Waals surface area contributed by atoms with Crippen LogP contribution in [-0.2, 0) is 13.6 Å². The van der Waals surface area contributed by atoms with Crippen molar-refractivity contribution < 1.29 is 0 Å². The summed E-state index contributed by atoms with van der Waals surface area (Å²) in [5, 5.41) is 1.26. The second-order valence-electron chi connectivity index (χ2n) is 4.79. The molecule has 1 heterocycles. The van der Waals surface area contributed by atoms with Crippen LogP contribution in [0.3, 0.4) is 0 Å². The molecule has 1 aromatic heterocycles. The Bertz CT molecular complexity index is 582. The van der Waals surface area contributed by atoms with Crippen LogP contribution in [0.5, 0.6) is 0 Å². The highest BCUT2D eigenvalue weighted by atomic mass is 35.5. The van der Waals surface area contributed by atoms with E-state index in [4.69, 9.17) is 28.9 Å². The molecule has 6 heteroatoms. The van der Waals surface area contributed by atoms with Crippen molar-refractivity contribution in [1.82, 2.24) is 14.5 Å². The highest BCUT2D eigenvalue weighted by Crippen LogP contribution is 2.29. The number of hydrogen-bond donors (Lipinski definition) is 1. The van der Waals surface area contributed by atoms with Crippen molar-refractivity contribution in [3.05, 3.63) is 52.0 Å². The van der Waals surface area contributed by atoms with Crippen molar-refractivity contribution in [2.75, 3.05) is 13.6 Å². The molecule has 4 nitrogen and oxygen atoms in total. The monoisotopic (exact) mass is 312 g/mol. The van der Waals surface area contributed by atoms with Crippen LogP contribution in [0.4, 0.5) is 0 Å². The van der Waals surface area contributed by atoms with Crippen LogP contribution in [0, 0.1) is 0 Å². The van der Waals surface area contributed by atoms with Gasteiger partial charge < -0.3 is 10.3 Å². The summed E-state index contributed by atoms with van der Waals surface area (Å²) in [5.41, 5.74) is 6.90. The molecule has 0 radical (unpaired) electrons. The van der Waals surface area contributed by atoms with Crippen LogP contribution in [0.15, 0.2) is 30.6 Å².